The molecule has 4 aromatic rings. The lowest BCUT2D eigenvalue weighted by atomic mass is 10.2. The molecule has 0 spiro atoms. The van der Waals surface area contributed by atoms with Crippen LogP contribution in [0.25, 0.3) is 27.8 Å². The molecule has 1 aromatic carbocycles. The van der Waals surface area contributed by atoms with Gasteiger partial charge in [-0.1, -0.05) is 0 Å². The SMILES string of the molecule is CN(CC(=O)O)c1ncc2ncn(-c3ccc4cn[nH]c4c3)c2n1. The first-order valence-electron chi connectivity index (χ1n) is 7.18. The number of nitrogens with one attached hydrogen (secondary N) is 1. The van der Waals surface area contributed by atoms with Crippen LogP contribution in [0.15, 0.2) is 36.9 Å². The fourth-order valence-corrected chi connectivity index (χ4v) is 2.52. The van der Waals surface area contributed by atoms with E-state index in [1.807, 2.05) is 22.8 Å². The average Bonchev–Trinajstić information content (AvgIpc) is 3.19. The molecule has 0 atom stereocenters. The zero-order valence-corrected chi connectivity index (χ0v) is 12.7. The molecule has 0 radical (unpaired) electrons. The Hall–Kier alpha value is -3.49. The van der Waals surface area contributed by atoms with E-state index < -0.39 is 5.97 Å². The van der Waals surface area contributed by atoms with Crippen molar-refractivity contribution in [3.63, 3.8) is 0 Å². The van der Waals surface area contributed by atoms with Gasteiger partial charge in [-0.3, -0.25) is 14.5 Å². The average molecular weight is 323 g/mol. The summed E-state index contributed by atoms with van der Waals surface area (Å²) < 4.78 is 1.83. The Labute approximate surface area is 135 Å². The maximum absolute atomic E-state index is 10.9. The summed E-state index contributed by atoms with van der Waals surface area (Å²) in [6, 6.07) is 5.85. The Kier molecular flexibility index (Phi) is 3.12. The van der Waals surface area contributed by atoms with Crippen LogP contribution in [0, 0.1) is 0 Å². The minimum absolute atomic E-state index is 0.181. The Morgan fingerprint density at radius 3 is 3.04 bits per heavy atom. The second-order valence-electron chi connectivity index (χ2n) is 5.38. The quantitative estimate of drug-likeness (QED) is 0.580. The highest BCUT2D eigenvalue weighted by Crippen LogP contribution is 2.21. The highest BCUT2D eigenvalue weighted by Gasteiger charge is 2.13. The van der Waals surface area contributed by atoms with E-state index in [4.69, 9.17) is 5.11 Å². The van der Waals surface area contributed by atoms with Gasteiger partial charge in [-0.2, -0.15) is 10.1 Å². The number of carboxylic acid groups (broad SMARTS) is 1. The van der Waals surface area contributed by atoms with Crippen molar-refractivity contribution < 1.29 is 9.90 Å². The number of benzene rings is 1. The number of carbonyl (C=O) groups is 1. The number of nitrogens with zero attached hydrogens (tertiary/aromatic N) is 6. The van der Waals surface area contributed by atoms with Crippen molar-refractivity contribution in [2.45, 2.75) is 0 Å². The minimum Gasteiger partial charge on any atom is -0.480 e. The summed E-state index contributed by atoms with van der Waals surface area (Å²) in [5.74, 6) is -0.617. The van der Waals surface area contributed by atoms with Gasteiger partial charge in [-0.15, -0.1) is 0 Å². The predicted molar refractivity (Wildman–Crippen MR) is 87.2 cm³/mol. The van der Waals surface area contributed by atoms with E-state index in [2.05, 4.69) is 25.1 Å². The maximum atomic E-state index is 10.9. The normalized spacial score (nSPS) is 11.2. The second kappa shape index (κ2) is 5.30. The number of H-pyrrole nitrogens is 1. The topological polar surface area (TPSA) is 113 Å². The molecular weight excluding hydrogens is 310 g/mol. The molecular formula is C15H13N7O2. The molecule has 3 heterocycles. The van der Waals surface area contributed by atoms with Crippen molar-refractivity contribution in [3.8, 4) is 5.69 Å². The van der Waals surface area contributed by atoms with Crippen molar-refractivity contribution in [3.05, 3.63) is 36.9 Å². The van der Waals surface area contributed by atoms with Gasteiger partial charge in [0.2, 0.25) is 5.95 Å². The molecule has 3 aromatic heterocycles. The molecule has 4 rings (SSSR count). The first-order valence-corrected chi connectivity index (χ1v) is 7.18. The highest BCUT2D eigenvalue weighted by atomic mass is 16.4. The number of carboxylic acids is 1. The summed E-state index contributed by atoms with van der Waals surface area (Å²) in [4.78, 5) is 25.3. The molecule has 0 aliphatic carbocycles. The van der Waals surface area contributed by atoms with Crippen molar-refractivity contribution in [1.29, 1.82) is 0 Å². The summed E-state index contributed by atoms with van der Waals surface area (Å²) in [5, 5.41) is 16.9. The number of hydrogen-bond donors (Lipinski definition) is 2. The predicted octanol–water partition coefficient (Wildman–Crippen LogP) is 1.21. The minimum atomic E-state index is -0.945. The van der Waals surface area contributed by atoms with E-state index in [1.165, 1.54) is 4.90 Å². The molecule has 0 fully saturated rings. The molecule has 24 heavy (non-hydrogen) atoms. The molecule has 120 valence electrons. The largest absolute Gasteiger partial charge is 0.480 e. The van der Waals surface area contributed by atoms with E-state index in [-0.39, 0.29) is 6.54 Å². The van der Waals surface area contributed by atoms with Crippen molar-refractivity contribution in [2.75, 3.05) is 18.5 Å². The van der Waals surface area contributed by atoms with Crippen LogP contribution in [0.4, 0.5) is 5.95 Å². The van der Waals surface area contributed by atoms with Crippen molar-refractivity contribution in [1.82, 2.24) is 29.7 Å². The zero-order chi connectivity index (χ0) is 16.7. The Morgan fingerprint density at radius 1 is 1.33 bits per heavy atom. The number of fused-ring (bicyclic) bond motifs is 2. The number of rotatable bonds is 4. The van der Waals surface area contributed by atoms with E-state index in [0.29, 0.717) is 17.1 Å². The number of anilines is 1. The van der Waals surface area contributed by atoms with Crippen LogP contribution in [-0.2, 0) is 4.79 Å². The molecule has 9 heteroatoms. The third-order valence-corrected chi connectivity index (χ3v) is 3.70. The molecule has 2 N–H and O–H groups in total. The van der Waals surface area contributed by atoms with Crippen LogP contribution in [0.2, 0.25) is 0 Å². The lowest BCUT2D eigenvalue weighted by molar-refractivity contribution is -0.135. The Balaban J connectivity index is 1.81. The van der Waals surface area contributed by atoms with E-state index >= 15 is 0 Å². The van der Waals surface area contributed by atoms with Crippen molar-refractivity contribution in [2.24, 2.45) is 0 Å². The Morgan fingerprint density at radius 2 is 2.21 bits per heavy atom. The van der Waals surface area contributed by atoms with Crippen LogP contribution in [0.3, 0.4) is 0 Å². The smallest absolute Gasteiger partial charge is 0.323 e. The van der Waals surface area contributed by atoms with Crippen LogP contribution in [0.1, 0.15) is 0 Å². The molecule has 0 unspecified atom stereocenters. The molecule has 0 amide bonds. The second-order valence-corrected chi connectivity index (χ2v) is 5.38. The van der Waals surface area contributed by atoms with E-state index in [9.17, 15) is 4.79 Å². The van der Waals surface area contributed by atoms with E-state index in [0.717, 1.165) is 16.6 Å². The van der Waals surface area contributed by atoms with E-state index in [1.54, 1.807) is 25.8 Å². The van der Waals surface area contributed by atoms with Crippen LogP contribution in [0.5, 0.6) is 0 Å². The van der Waals surface area contributed by atoms with Gasteiger partial charge in [0, 0.05) is 12.4 Å². The Bertz CT molecular complexity index is 1050. The van der Waals surface area contributed by atoms with Crippen LogP contribution < -0.4 is 4.90 Å². The van der Waals surface area contributed by atoms with Gasteiger partial charge >= 0.3 is 5.97 Å². The number of likely N-dealkylation sites (N-methyl/N-ethyl adjacent to an activating group) is 1. The lowest BCUT2D eigenvalue weighted by Gasteiger charge is -2.14. The molecule has 0 saturated heterocycles. The van der Waals surface area contributed by atoms with Gasteiger partial charge < -0.3 is 10.0 Å². The summed E-state index contributed by atoms with van der Waals surface area (Å²) in [7, 11) is 1.63. The number of aromatic nitrogens is 6. The summed E-state index contributed by atoms with van der Waals surface area (Å²) in [6.07, 6.45) is 5.01. The number of imidazole rings is 1. The zero-order valence-electron chi connectivity index (χ0n) is 12.7. The lowest BCUT2D eigenvalue weighted by Crippen LogP contribution is -2.26. The third-order valence-electron chi connectivity index (χ3n) is 3.70. The highest BCUT2D eigenvalue weighted by molar-refractivity contribution is 5.81. The fraction of sp³-hybridized carbons (Fsp3) is 0.133. The first-order chi connectivity index (χ1) is 11.6. The molecule has 0 bridgehead atoms. The van der Waals surface area contributed by atoms with Crippen LogP contribution in [-0.4, -0.2) is 54.4 Å². The van der Waals surface area contributed by atoms with Crippen molar-refractivity contribution >= 4 is 34.0 Å². The number of aliphatic carboxylic acids is 1. The number of hydrogen-bond acceptors (Lipinski definition) is 6. The number of aromatic amines is 1. The standard InChI is InChI=1S/C15H13N7O2/c1-21(7-13(23)24)15-16-6-12-14(19-15)22(8-17-12)10-3-2-9-5-18-20-11(9)4-10/h2-6,8H,7H2,1H3,(H,18,20)(H,23,24). The third kappa shape index (κ3) is 2.32. The summed E-state index contributed by atoms with van der Waals surface area (Å²) >= 11 is 0. The van der Waals surface area contributed by atoms with Gasteiger partial charge in [-0.05, 0) is 18.2 Å². The maximum Gasteiger partial charge on any atom is 0.323 e. The van der Waals surface area contributed by atoms with Gasteiger partial charge in [0.15, 0.2) is 5.65 Å². The van der Waals surface area contributed by atoms with Gasteiger partial charge in [-0.25, -0.2) is 9.97 Å². The fourth-order valence-electron chi connectivity index (χ4n) is 2.52. The van der Waals surface area contributed by atoms with Gasteiger partial charge in [0.25, 0.3) is 0 Å². The van der Waals surface area contributed by atoms with Gasteiger partial charge in [0.05, 0.1) is 23.6 Å². The summed E-state index contributed by atoms with van der Waals surface area (Å²) in [6.45, 7) is -0.181. The molecule has 9 nitrogen and oxygen atoms in total. The molecule has 0 aliphatic rings. The molecule has 0 aliphatic heterocycles. The summed E-state index contributed by atoms with van der Waals surface area (Å²) in [5.41, 5.74) is 3.02. The van der Waals surface area contributed by atoms with Gasteiger partial charge in [0.1, 0.15) is 18.4 Å². The first kappa shape index (κ1) is 14.1. The molecule has 0 saturated carbocycles. The van der Waals surface area contributed by atoms with Crippen LogP contribution >= 0.6 is 0 Å². The monoisotopic (exact) mass is 323 g/mol.